The van der Waals surface area contributed by atoms with Crippen LogP contribution >= 0.6 is 0 Å². The number of aromatic nitrogens is 3. The highest BCUT2D eigenvalue weighted by atomic mass is 19.1. The average molecular weight is 272 g/mol. The molecule has 2 N–H and O–H groups in total. The van der Waals surface area contributed by atoms with E-state index in [0.717, 1.165) is 5.69 Å². The van der Waals surface area contributed by atoms with Crippen LogP contribution in [0.2, 0.25) is 0 Å². The Bertz CT molecular complexity index is 850. The number of nitrogen functional groups attached to an aromatic ring is 1. The summed E-state index contributed by atoms with van der Waals surface area (Å²) in [5, 5.41) is 4.18. The quantitative estimate of drug-likeness (QED) is 0.720. The minimum Gasteiger partial charge on any atom is -0.398 e. The Balaban J connectivity index is 2.06. The highest BCUT2D eigenvalue weighted by molar-refractivity contribution is 5.48. The van der Waals surface area contributed by atoms with Crippen molar-refractivity contribution >= 4 is 11.2 Å². The Morgan fingerprint density at radius 2 is 2.10 bits per heavy atom. The molecule has 20 heavy (non-hydrogen) atoms. The van der Waals surface area contributed by atoms with Gasteiger partial charge in [0.15, 0.2) is 0 Å². The lowest BCUT2D eigenvalue weighted by Gasteiger charge is -2.08. The zero-order chi connectivity index (χ0) is 14.3. The van der Waals surface area contributed by atoms with Crippen molar-refractivity contribution < 1.29 is 4.39 Å². The maximum absolute atomic E-state index is 13.0. The number of nitrogens with two attached hydrogens (primary N) is 1. The van der Waals surface area contributed by atoms with Crippen molar-refractivity contribution in [2.75, 3.05) is 5.73 Å². The smallest absolute Gasteiger partial charge is 0.276 e. The maximum Gasteiger partial charge on any atom is 0.276 e. The standard InChI is InChI=1S/C14H13FN4O/c1-9-6-13-14(20)18(4-5-19(13)17-9)8-10-2-3-11(15)7-12(10)16/h2-7H,8,16H2,1H3. The summed E-state index contributed by atoms with van der Waals surface area (Å²) in [7, 11) is 0. The molecule has 102 valence electrons. The number of fused-ring (bicyclic) bond motifs is 1. The summed E-state index contributed by atoms with van der Waals surface area (Å²) in [5.74, 6) is -0.388. The second kappa shape index (κ2) is 4.48. The number of anilines is 1. The molecule has 0 saturated carbocycles. The van der Waals surface area contributed by atoms with Crippen LogP contribution in [0.1, 0.15) is 11.3 Å². The number of halogens is 1. The fourth-order valence-corrected chi connectivity index (χ4v) is 2.17. The van der Waals surface area contributed by atoms with Crippen LogP contribution in [0.4, 0.5) is 10.1 Å². The third kappa shape index (κ3) is 2.05. The summed E-state index contributed by atoms with van der Waals surface area (Å²) in [5.41, 5.74) is 7.93. The van der Waals surface area contributed by atoms with Gasteiger partial charge < -0.3 is 10.3 Å². The van der Waals surface area contributed by atoms with Crippen molar-refractivity contribution in [1.29, 1.82) is 0 Å². The molecule has 1 aromatic carbocycles. The first kappa shape index (κ1) is 12.4. The first-order valence-electron chi connectivity index (χ1n) is 6.14. The molecule has 5 nitrogen and oxygen atoms in total. The van der Waals surface area contributed by atoms with Gasteiger partial charge in [0.25, 0.3) is 5.56 Å². The van der Waals surface area contributed by atoms with Crippen molar-refractivity contribution in [2.45, 2.75) is 13.5 Å². The maximum atomic E-state index is 13.0. The Morgan fingerprint density at radius 3 is 2.85 bits per heavy atom. The fourth-order valence-electron chi connectivity index (χ4n) is 2.17. The molecule has 0 aliphatic rings. The minimum atomic E-state index is -0.388. The van der Waals surface area contributed by atoms with E-state index in [1.807, 2.05) is 6.92 Å². The van der Waals surface area contributed by atoms with Gasteiger partial charge in [-0.2, -0.15) is 5.10 Å². The molecular weight excluding hydrogens is 259 g/mol. The highest BCUT2D eigenvalue weighted by Crippen LogP contribution is 2.14. The van der Waals surface area contributed by atoms with Crippen molar-refractivity contribution in [3.05, 3.63) is 64.1 Å². The lowest BCUT2D eigenvalue weighted by atomic mass is 10.2. The molecular formula is C14H13FN4O. The fraction of sp³-hybridized carbons (Fsp3) is 0.143. The molecule has 2 heterocycles. The average Bonchev–Trinajstić information content (AvgIpc) is 2.77. The molecule has 0 fully saturated rings. The van der Waals surface area contributed by atoms with Gasteiger partial charge in [-0.25, -0.2) is 8.91 Å². The summed E-state index contributed by atoms with van der Waals surface area (Å²) < 4.78 is 16.1. The number of aryl methyl sites for hydroxylation is 1. The highest BCUT2D eigenvalue weighted by Gasteiger charge is 2.07. The monoisotopic (exact) mass is 272 g/mol. The predicted molar refractivity (Wildman–Crippen MR) is 74.1 cm³/mol. The normalized spacial score (nSPS) is 11.1. The molecule has 0 atom stereocenters. The predicted octanol–water partition coefficient (Wildman–Crippen LogP) is 1.57. The van der Waals surface area contributed by atoms with E-state index in [4.69, 9.17) is 5.73 Å². The largest absolute Gasteiger partial charge is 0.398 e. The lowest BCUT2D eigenvalue weighted by Crippen LogP contribution is -2.22. The van der Waals surface area contributed by atoms with Gasteiger partial charge in [0.05, 0.1) is 12.2 Å². The van der Waals surface area contributed by atoms with Gasteiger partial charge in [0.1, 0.15) is 11.3 Å². The van der Waals surface area contributed by atoms with Gasteiger partial charge in [-0.3, -0.25) is 4.79 Å². The molecule has 3 rings (SSSR count). The van der Waals surface area contributed by atoms with E-state index in [1.165, 1.54) is 16.7 Å². The van der Waals surface area contributed by atoms with Crippen molar-refractivity contribution in [3.8, 4) is 0 Å². The zero-order valence-electron chi connectivity index (χ0n) is 10.9. The summed E-state index contributed by atoms with van der Waals surface area (Å²) in [6, 6.07) is 5.90. The van der Waals surface area contributed by atoms with Crippen molar-refractivity contribution in [3.63, 3.8) is 0 Å². The number of hydrogen-bond donors (Lipinski definition) is 1. The summed E-state index contributed by atoms with van der Waals surface area (Å²) in [6.45, 7) is 2.13. The van der Waals surface area contributed by atoms with Crippen molar-refractivity contribution in [2.24, 2.45) is 0 Å². The zero-order valence-corrected chi connectivity index (χ0v) is 10.9. The van der Waals surface area contributed by atoms with Crippen LogP contribution in [0.25, 0.3) is 5.52 Å². The molecule has 0 unspecified atom stereocenters. The third-order valence-electron chi connectivity index (χ3n) is 3.17. The summed E-state index contributed by atoms with van der Waals surface area (Å²) in [6.07, 6.45) is 3.36. The minimum absolute atomic E-state index is 0.156. The molecule has 0 aliphatic heterocycles. The van der Waals surface area contributed by atoms with Crippen LogP contribution in [0.3, 0.4) is 0 Å². The van der Waals surface area contributed by atoms with Crippen molar-refractivity contribution in [1.82, 2.24) is 14.2 Å². The molecule has 0 saturated heterocycles. The van der Waals surface area contributed by atoms with E-state index in [1.54, 1.807) is 29.0 Å². The molecule has 0 aliphatic carbocycles. The molecule has 3 aromatic rings. The Hall–Kier alpha value is -2.63. The van der Waals surface area contributed by atoms with E-state index >= 15 is 0 Å². The van der Waals surface area contributed by atoms with Crippen LogP contribution in [0, 0.1) is 12.7 Å². The van der Waals surface area contributed by atoms with Gasteiger partial charge in [-0.15, -0.1) is 0 Å². The number of rotatable bonds is 2. The van der Waals surface area contributed by atoms with Gasteiger partial charge in [-0.05, 0) is 30.7 Å². The Kier molecular flexibility index (Phi) is 2.78. The Morgan fingerprint density at radius 1 is 1.30 bits per heavy atom. The first-order valence-corrected chi connectivity index (χ1v) is 6.14. The van der Waals surface area contributed by atoms with E-state index < -0.39 is 0 Å². The molecule has 0 radical (unpaired) electrons. The SMILES string of the molecule is Cc1cc2c(=O)n(Cc3ccc(F)cc3N)ccn2n1. The number of hydrogen-bond acceptors (Lipinski definition) is 3. The van der Waals surface area contributed by atoms with Crippen LogP contribution in [0.5, 0.6) is 0 Å². The number of nitrogens with zero attached hydrogens (tertiary/aromatic N) is 3. The van der Waals surface area contributed by atoms with Crippen LogP contribution in [0.15, 0.2) is 41.5 Å². The Labute approximate surface area is 114 Å². The van der Waals surface area contributed by atoms with Crippen LogP contribution < -0.4 is 11.3 Å². The number of benzene rings is 1. The van der Waals surface area contributed by atoms with Gasteiger partial charge in [0, 0.05) is 18.1 Å². The van der Waals surface area contributed by atoms with E-state index in [-0.39, 0.29) is 11.4 Å². The van der Waals surface area contributed by atoms with E-state index in [9.17, 15) is 9.18 Å². The molecule has 6 heteroatoms. The second-order valence-corrected chi connectivity index (χ2v) is 4.69. The van der Waals surface area contributed by atoms with Crippen LogP contribution in [-0.2, 0) is 6.54 Å². The van der Waals surface area contributed by atoms with Gasteiger partial charge in [0.2, 0.25) is 0 Å². The summed E-state index contributed by atoms with van der Waals surface area (Å²) >= 11 is 0. The van der Waals surface area contributed by atoms with Gasteiger partial charge in [-0.1, -0.05) is 6.07 Å². The van der Waals surface area contributed by atoms with Gasteiger partial charge >= 0.3 is 0 Å². The summed E-state index contributed by atoms with van der Waals surface area (Å²) in [4.78, 5) is 12.3. The third-order valence-corrected chi connectivity index (χ3v) is 3.17. The first-order chi connectivity index (χ1) is 9.54. The van der Waals surface area contributed by atoms with Crippen LogP contribution in [-0.4, -0.2) is 14.2 Å². The van der Waals surface area contributed by atoms with E-state index in [0.29, 0.717) is 23.3 Å². The lowest BCUT2D eigenvalue weighted by molar-refractivity contribution is 0.627. The van der Waals surface area contributed by atoms with E-state index in [2.05, 4.69) is 5.10 Å². The topological polar surface area (TPSA) is 65.3 Å². The second-order valence-electron chi connectivity index (χ2n) is 4.69. The molecule has 0 bridgehead atoms. The molecule has 0 spiro atoms. The molecule has 0 amide bonds. The molecule has 2 aromatic heterocycles.